The van der Waals surface area contributed by atoms with Crippen molar-refractivity contribution in [3.05, 3.63) is 40.0 Å². The van der Waals surface area contributed by atoms with Gasteiger partial charge in [-0.05, 0) is 58.1 Å². The lowest BCUT2D eigenvalue weighted by Gasteiger charge is -2.37. The van der Waals surface area contributed by atoms with E-state index in [1.807, 2.05) is 39.1 Å². The van der Waals surface area contributed by atoms with Crippen LogP contribution >= 0.6 is 22.7 Å². The van der Waals surface area contributed by atoms with Crippen LogP contribution in [0.1, 0.15) is 41.9 Å². The molecule has 7 nitrogen and oxygen atoms in total. The Kier molecular flexibility index (Phi) is 8.26. The summed E-state index contributed by atoms with van der Waals surface area (Å²) in [5.74, 6) is 0.814. The van der Waals surface area contributed by atoms with Crippen molar-refractivity contribution in [2.24, 2.45) is 0 Å². The number of halogens is 3. The molecule has 0 saturated carbocycles. The quantitative estimate of drug-likeness (QED) is 0.397. The highest BCUT2D eigenvalue weighted by Crippen LogP contribution is 2.35. The van der Waals surface area contributed by atoms with E-state index in [2.05, 4.69) is 31.0 Å². The maximum absolute atomic E-state index is 12.0. The smallest absolute Gasteiger partial charge is 0.339 e. The molecular formula is C24H29F3N6OS2. The highest BCUT2D eigenvalue weighted by Gasteiger charge is 2.40. The van der Waals surface area contributed by atoms with Gasteiger partial charge >= 0.3 is 6.18 Å². The van der Waals surface area contributed by atoms with Crippen molar-refractivity contribution in [1.29, 1.82) is 0 Å². The normalized spacial score (nSPS) is 21.2. The number of fused-ring (bicyclic) bond motifs is 2. The third kappa shape index (κ3) is 6.80. The lowest BCUT2D eigenvalue weighted by molar-refractivity contribution is -0.129. The summed E-state index contributed by atoms with van der Waals surface area (Å²) >= 11 is 3.26. The lowest BCUT2D eigenvalue weighted by atomic mass is 9.98. The zero-order chi connectivity index (χ0) is 25.9. The number of hydrogen-bond donors (Lipinski definition) is 2. The largest absolute Gasteiger partial charge is 0.401 e. The molecule has 3 aromatic heterocycles. The van der Waals surface area contributed by atoms with E-state index in [9.17, 15) is 18.0 Å². The molecule has 12 heteroatoms. The first-order valence-electron chi connectivity index (χ1n) is 11.7. The third-order valence-electron chi connectivity index (χ3n) is 6.29. The van der Waals surface area contributed by atoms with Crippen LogP contribution in [-0.2, 0) is 4.79 Å². The number of anilines is 2. The predicted octanol–water partition coefficient (Wildman–Crippen LogP) is 5.62. The molecule has 1 amide bonds. The number of carbonyl (C=O) groups excluding carboxylic acids is 1. The topological polar surface area (TPSA) is 83.0 Å². The van der Waals surface area contributed by atoms with Gasteiger partial charge in [-0.15, -0.1) is 22.7 Å². The van der Waals surface area contributed by atoms with E-state index < -0.39 is 12.7 Å². The van der Waals surface area contributed by atoms with Crippen LogP contribution < -0.4 is 10.6 Å². The molecule has 0 radical (unpaired) electrons. The Morgan fingerprint density at radius 2 is 1.86 bits per heavy atom. The predicted molar refractivity (Wildman–Crippen MR) is 137 cm³/mol. The Labute approximate surface area is 216 Å². The zero-order valence-corrected chi connectivity index (χ0v) is 21.9. The molecule has 194 valence electrons. The minimum Gasteiger partial charge on any atom is -0.339 e. The maximum atomic E-state index is 12.0. The van der Waals surface area contributed by atoms with Gasteiger partial charge < -0.3 is 15.5 Å². The Bertz CT molecular complexity index is 1150. The van der Waals surface area contributed by atoms with E-state index in [0.29, 0.717) is 12.8 Å². The second kappa shape index (κ2) is 11.2. The summed E-state index contributed by atoms with van der Waals surface area (Å²) in [4.78, 5) is 27.1. The van der Waals surface area contributed by atoms with Crippen LogP contribution in [0.3, 0.4) is 0 Å². The van der Waals surface area contributed by atoms with Gasteiger partial charge in [-0.2, -0.15) is 13.2 Å². The lowest BCUT2D eigenvalue weighted by Crippen LogP contribution is -2.50. The van der Waals surface area contributed by atoms with E-state index in [1.165, 1.54) is 0 Å². The number of hydrogen-bond acceptors (Lipinski definition) is 8. The standard InChI is InChI=1S/C14H14N4S2.C10H15F3N2O/c1-8-4-5-12(15-6-8)18-14-17-11(7-19-14)13-9(2)16-10(3)20-13;11-10(12,13)5-14-7-3-8-1-2-9(4-7)15(8)6-16/h4-7H,1-3H3,(H,15,17,18);6-9,14H,1-5H2/t;7?,8-,9+. The molecule has 2 N–H and O–H groups in total. The Morgan fingerprint density at radius 3 is 2.42 bits per heavy atom. The first-order chi connectivity index (χ1) is 17.1. The molecule has 1 unspecified atom stereocenters. The second-order valence-corrected chi connectivity index (χ2v) is 11.2. The summed E-state index contributed by atoms with van der Waals surface area (Å²) in [5.41, 5.74) is 3.16. The van der Waals surface area contributed by atoms with Crippen LogP contribution in [0.25, 0.3) is 10.6 Å². The number of nitrogens with one attached hydrogen (secondary N) is 2. The molecule has 0 aliphatic carbocycles. The highest BCUT2D eigenvalue weighted by atomic mass is 32.1. The molecule has 2 aliphatic rings. The number of alkyl halides is 3. The van der Waals surface area contributed by atoms with Crippen molar-refractivity contribution in [3.8, 4) is 10.6 Å². The molecule has 2 fully saturated rings. The molecule has 3 atom stereocenters. The fraction of sp³-hybridized carbons (Fsp3) is 0.500. The van der Waals surface area contributed by atoms with Gasteiger partial charge in [0, 0.05) is 29.7 Å². The summed E-state index contributed by atoms with van der Waals surface area (Å²) in [5, 5.41) is 9.74. The molecule has 3 aromatic rings. The molecule has 5 heterocycles. The van der Waals surface area contributed by atoms with Crippen molar-refractivity contribution in [2.45, 2.75) is 70.8 Å². The Morgan fingerprint density at radius 1 is 1.14 bits per heavy atom. The van der Waals surface area contributed by atoms with Crippen LogP contribution in [0.4, 0.5) is 24.1 Å². The van der Waals surface area contributed by atoms with Crippen molar-refractivity contribution in [3.63, 3.8) is 0 Å². The van der Waals surface area contributed by atoms with Crippen molar-refractivity contribution < 1.29 is 18.0 Å². The number of rotatable bonds is 6. The van der Waals surface area contributed by atoms with Gasteiger partial charge in [0.25, 0.3) is 0 Å². The second-order valence-electron chi connectivity index (χ2n) is 9.13. The van der Waals surface area contributed by atoms with Gasteiger partial charge in [0.05, 0.1) is 27.8 Å². The summed E-state index contributed by atoms with van der Waals surface area (Å²) in [6.45, 7) is 5.13. The molecule has 2 aliphatic heterocycles. The Hall–Kier alpha value is -2.57. The van der Waals surface area contributed by atoms with Crippen molar-refractivity contribution in [1.82, 2.24) is 25.2 Å². The zero-order valence-electron chi connectivity index (χ0n) is 20.3. The number of pyridine rings is 1. The summed E-state index contributed by atoms with van der Waals surface area (Å²) in [6, 6.07) is 4.17. The summed E-state index contributed by atoms with van der Waals surface area (Å²) in [7, 11) is 0. The van der Waals surface area contributed by atoms with Crippen LogP contribution in [0.2, 0.25) is 0 Å². The number of aromatic nitrogens is 3. The van der Waals surface area contributed by atoms with E-state index >= 15 is 0 Å². The van der Waals surface area contributed by atoms with E-state index in [-0.39, 0.29) is 18.1 Å². The van der Waals surface area contributed by atoms with E-state index in [0.717, 1.165) is 57.0 Å². The van der Waals surface area contributed by atoms with Crippen molar-refractivity contribution >= 4 is 40.0 Å². The van der Waals surface area contributed by atoms with Crippen LogP contribution in [0.5, 0.6) is 0 Å². The number of aryl methyl sites for hydroxylation is 3. The molecule has 2 bridgehead atoms. The molecule has 0 aromatic carbocycles. The van der Waals surface area contributed by atoms with Crippen molar-refractivity contribution in [2.75, 3.05) is 11.9 Å². The molecular weight excluding hydrogens is 509 g/mol. The summed E-state index contributed by atoms with van der Waals surface area (Å²) in [6.07, 6.45) is 1.66. The molecule has 36 heavy (non-hydrogen) atoms. The van der Waals surface area contributed by atoms with Crippen LogP contribution in [-0.4, -0.2) is 57.1 Å². The average molecular weight is 539 g/mol. The first-order valence-corrected chi connectivity index (χ1v) is 13.4. The van der Waals surface area contributed by atoms with Gasteiger partial charge in [0.2, 0.25) is 6.41 Å². The van der Waals surface area contributed by atoms with Gasteiger partial charge in [0.1, 0.15) is 5.82 Å². The van der Waals surface area contributed by atoms with E-state index in [4.69, 9.17) is 0 Å². The van der Waals surface area contributed by atoms with Gasteiger partial charge in [-0.3, -0.25) is 4.79 Å². The molecule has 2 saturated heterocycles. The fourth-order valence-electron chi connectivity index (χ4n) is 4.67. The van der Waals surface area contributed by atoms with Crippen LogP contribution in [0.15, 0.2) is 23.7 Å². The number of piperidine rings is 1. The van der Waals surface area contributed by atoms with Gasteiger partial charge in [-0.25, -0.2) is 15.0 Å². The number of nitrogens with zero attached hydrogens (tertiary/aromatic N) is 4. The maximum Gasteiger partial charge on any atom is 0.401 e. The minimum atomic E-state index is -4.15. The Balaban J connectivity index is 0.000000174. The monoisotopic (exact) mass is 538 g/mol. The van der Waals surface area contributed by atoms with Crippen LogP contribution in [0, 0.1) is 20.8 Å². The van der Waals surface area contributed by atoms with E-state index in [1.54, 1.807) is 27.6 Å². The number of carbonyl (C=O) groups is 1. The minimum absolute atomic E-state index is 0.102. The molecule has 5 rings (SSSR count). The SMILES string of the molecule is Cc1ccc(Nc2nc(-c3sc(C)nc3C)cs2)nc1.O=CN1[C@@H]2CC[C@H]1CC(NCC(F)(F)F)C2. The summed E-state index contributed by atoms with van der Waals surface area (Å²) < 4.78 is 36.1. The molecule has 0 spiro atoms. The third-order valence-corrected chi connectivity index (χ3v) is 8.14. The number of amides is 1. The van der Waals surface area contributed by atoms with Gasteiger partial charge in [-0.1, -0.05) is 6.07 Å². The average Bonchev–Trinajstić information content (AvgIpc) is 3.49. The highest BCUT2D eigenvalue weighted by molar-refractivity contribution is 7.16. The van der Waals surface area contributed by atoms with Gasteiger partial charge in [0.15, 0.2) is 5.13 Å². The number of thiazole rings is 2. The fourth-order valence-corrected chi connectivity index (χ4v) is 6.33. The first kappa shape index (κ1) is 26.5.